The summed E-state index contributed by atoms with van der Waals surface area (Å²) in [5.74, 6) is 0. The van der Waals surface area contributed by atoms with E-state index in [1.54, 1.807) is 0 Å². The van der Waals surface area contributed by atoms with Gasteiger partial charge in [0.2, 0.25) is 0 Å². The third-order valence-corrected chi connectivity index (χ3v) is 10.3. The fourth-order valence-corrected chi connectivity index (χ4v) is 8.10. The van der Waals surface area contributed by atoms with Gasteiger partial charge in [-0.05, 0) is 108 Å². The smallest absolute Gasteiger partial charge is 0.0549 e. The molecule has 0 unspecified atom stereocenters. The van der Waals surface area contributed by atoms with Crippen molar-refractivity contribution in [3.63, 3.8) is 0 Å². The zero-order valence-electron chi connectivity index (χ0n) is 28.7. The summed E-state index contributed by atoms with van der Waals surface area (Å²) in [6, 6.07) is 57.7. The van der Waals surface area contributed by atoms with E-state index in [0.717, 1.165) is 12.1 Å². The minimum Gasteiger partial charge on any atom is -0.309 e. The topological polar surface area (TPSA) is 9.86 Å². The molecule has 0 radical (unpaired) electrons. The van der Waals surface area contributed by atoms with Crippen LogP contribution in [0.2, 0.25) is 0 Å². The molecule has 2 heterocycles. The van der Waals surface area contributed by atoms with Crippen LogP contribution in [0.15, 0.2) is 164 Å². The number of aromatic nitrogens is 2. The first-order chi connectivity index (χ1) is 24.6. The van der Waals surface area contributed by atoms with Crippen LogP contribution in [0.4, 0.5) is 0 Å². The maximum atomic E-state index is 2.48. The lowest BCUT2D eigenvalue weighted by Crippen LogP contribution is -1.96. The van der Waals surface area contributed by atoms with Crippen molar-refractivity contribution in [2.24, 2.45) is 0 Å². The van der Waals surface area contributed by atoms with E-state index in [1.165, 1.54) is 88.3 Å². The van der Waals surface area contributed by atoms with Gasteiger partial charge < -0.3 is 9.13 Å². The monoisotopic (exact) mass is 642 g/mol. The van der Waals surface area contributed by atoms with Gasteiger partial charge in [-0.3, -0.25) is 0 Å². The van der Waals surface area contributed by atoms with Crippen LogP contribution in [-0.2, 0) is 0 Å². The highest BCUT2D eigenvalue weighted by molar-refractivity contribution is 6.31. The first kappa shape index (κ1) is 30.0. The molecule has 0 spiro atoms. The van der Waals surface area contributed by atoms with Crippen molar-refractivity contribution in [3.8, 4) is 22.5 Å². The molecular weight excluding hydrogens is 605 g/mol. The summed E-state index contributed by atoms with van der Waals surface area (Å²) in [5, 5.41) is 5.15. The highest BCUT2D eigenvalue weighted by Crippen LogP contribution is 2.46. The standard InChI is InChI=1S/C48H38N2/c1-4-15-39(34-17-7-5-8-18-34)35-25-27-37(28-26-35)50-43-29-24-33(3)45(38-21-12-11-16-32(38)2)47(43)48-44(50)31-30-42-46(48)40-22-13-14-23-41(40)49(42)36-19-9-6-10-20-36/h5-31H,4H2,1-3H3/b39-15+. The summed E-state index contributed by atoms with van der Waals surface area (Å²) in [6.45, 7) is 6.70. The Morgan fingerprint density at radius 1 is 0.460 bits per heavy atom. The molecule has 0 N–H and O–H groups in total. The second-order valence-corrected chi connectivity index (χ2v) is 13.3. The van der Waals surface area contributed by atoms with Crippen molar-refractivity contribution in [2.45, 2.75) is 27.2 Å². The van der Waals surface area contributed by atoms with Gasteiger partial charge in [0.1, 0.15) is 0 Å². The second kappa shape index (κ2) is 12.1. The molecule has 9 aromatic rings. The highest BCUT2D eigenvalue weighted by atomic mass is 15.0. The third-order valence-electron chi connectivity index (χ3n) is 10.3. The minimum atomic E-state index is 0.979. The molecule has 0 amide bonds. The van der Waals surface area contributed by atoms with Gasteiger partial charge in [-0.2, -0.15) is 0 Å². The molecule has 7 aromatic carbocycles. The third kappa shape index (κ3) is 4.64. The largest absolute Gasteiger partial charge is 0.309 e. The van der Waals surface area contributed by atoms with Crippen LogP contribution < -0.4 is 0 Å². The van der Waals surface area contributed by atoms with Crippen molar-refractivity contribution < 1.29 is 0 Å². The van der Waals surface area contributed by atoms with Gasteiger partial charge in [0.15, 0.2) is 0 Å². The Labute approximate surface area is 293 Å². The number of benzene rings is 7. The van der Waals surface area contributed by atoms with Crippen molar-refractivity contribution in [1.29, 1.82) is 0 Å². The first-order valence-electron chi connectivity index (χ1n) is 17.6. The molecule has 0 fully saturated rings. The molecular formula is C48H38N2. The van der Waals surface area contributed by atoms with Crippen LogP contribution >= 0.6 is 0 Å². The maximum absolute atomic E-state index is 2.48. The summed E-state index contributed by atoms with van der Waals surface area (Å²) >= 11 is 0. The number of fused-ring (bicyclic) bond motifs is 7. The average Bonchev–Trinajstić information content (AvgIpc) is 3.68. The van der Waals surface area contributed by atoms with Gasteiger partial charge in [0, 0.05) is 32.9 Å². The number of hydrogen-bond acceptors (Lipinski definition) is 0. The van der Waals surface area contributed by atoms with E-state index in [-0.39, 0.29) is 0 Å². The Morgan fingerprint density at radius 3 is 1.76 bits per heavy atom. The van der Waals surface area contributed by atoms with Crippen molar-refractivity contribution in [1.82, 2.24) is 9.13 Å². The number of nitrogens with zero attached hydrogens (tertiary/aromatic N) is 2. The van der Waals surface area contributed by atoms with E-state index in [0.29, 0.717) is 0 Å². The molecule has 2 heteroatoms. The molecule has 0 aliphatic carbocycles. The van der Waals surface area contributed by atoms with Gasteiger partial charge in [-0.1, -0.05) is 122 Å². The Bertz CT molecular complexity index is 2720. The van der Waals surface area contributed by atoms with Crippen molar-refractivity contribution >= 4 is 49.2 Å². The predicted octanol–water partition coefficient (Wildman–Crippen LogP) is 13.0. The lowest BCUT2D eigenvalue weighted by Gasteiger charge is -2.14. The lowest BCUT2D eigenvalue weighted by molar-refractivity contribution is 1.17. The molecule has 240 valence electrons. The van der Waals surface area contributed by atoms with Crippen LogP contribution in [0.1, 0.15) is 35.6 Å². The number of hydrogen-bond donors (Lipinski definition) is 0. The number of aryl methyl sites for hydroxylation is 2. The van der Waals surface area contributed by atoms with Gasteiger partial charge >= 0.3 is 0 Å². The van der Waals surface area contributed by atoms with Crippen LogP contribution in [0.25, 0.3) is 71.7 Å². The van der Waals surface area contributed by atoms with E-state index in [4.69, 9.17) is 0 Å². The molecule has 9 rings (SSSR count). The molecule has 2 aromatic heterocycles. The fourth-order valence-electron chi connectivity index (χ4n) is 8.10. The molecule has 0 saturated carbocycles. The SMILES string of the molecule is CC/C=C(\c1ccccc1)c1ccc(-n2c3ccc(C)c(-c4ccccc4C)c3c3c4c5ccccc5n(-c5ccccc5)c4ccc32)cc1. The zero-order valence-corrected chi connectivity index (χ0v) is 28.7. The summed E-state index contributed by atoms with van der Waals surface area (Å²) in [4.78, 5) is 0. The van der Waals surface area contributed by atoms with E-state index < -0.39 is 0 Å². The lowest BCUT2D eigenvalue weighted by atomic mass is 9.91. The summed E-state index contributed by atoms with van der Waals surface area (Å²) < 4.78 is 4.91. The Morgan fingerprint density at radius 2 is 1.02 bits per heavy atom. The fraction of sp³-hybridized carbons (Fsp3) is 0.0833. The summed E-state index contributed by atoms with van der Waals surface area (Å²) in [7, 11) is 0. The number of rotatable bonds is 6. The first-order valence-corrected chi connectivity index (χ1v) is 17.6. The van der Waals surface area contributed by atoms with E-state index in [1.807, 2.05) is 0 Å². The van der Waals surface area contributed by atoms with Crippen molar-refractivity contribution in [3.05, 3.63) is 186 Å². The van der Waals surface area contributed by atoms with Gasteiger partial charge in [-0.25, -0.2) is 0 Å². The molecule has 0 aliphatic heterocycles. The summed E-state index contributed by atoms with van der Waals surface area (Å²) in [6.07, 6.45) is 3.31. The van der Waals surface area contributed by atoms with Gasteiger partial charge in [0.05, 0.1) is 22.1 Å². The minimum absolute atomic E-state index is 0.979. The normalized spacial score (nSPS) is 12.1. The van der Waals surface area contributed by atoms with Crippen LogP contribution in [0.5, 0.6) is 0 Å². The maximum Gasteiger partial charge on any atom is 0.0549 e. The van der Waals surface area contributed by atoms with E-state index in [9.17, 15) is 0 Å². The molecule has 50 heavy (non-hydrogen) atoms. The van der Waals surface area contributed by atoms with Crippen LogP contribution in [0, 0.1) is 13.8 Å². The summed E-state index contributed by atoms with van der Waals surface area (Å²) in [5.41, 5.74) is 16.1. The molecule has 0 saturated heterocycles. The number of allylic oxidation sites excluding steroid dienone is 1. The molecule has 2 nitrogen and oxygen atoms in total. The number of para-hydroxylation sites is 2. The molecule has 0 atom stereocenters. The average molecular weight is 643 g/mol. The Hall–Kier alpha value is -6.12. The second-order valence-electron chi connectivity index (χ2n) is 13.3. The molecule has 0 bridgehead atoms. The van der Waals surface area contributed by atoms with Crippen molar-refractivity contribution in [2.75, 3.05) is 0 Å². The zero-order chi connectivity index (χ0) is 33.8. The van der Waals surface area contributed by atoms with Gasteiger partial charge in [-0.15, -0.1) is 0 Å². The van der Waals surface area contributed by atoms with E-state index in [2.05, 4.69) is 194 Å². The van der Waals surface area contributed by atoms with E-state index >= 15 is 0 Å². The highest BCUT2D eigenvalue weighted by Gasteiger charge is 2.24. The predicted molar refractivity (Wildman–Crippen MR) is 214 cm³/mol. The van der Waals surface area contributed by atoms with Crippen LogP contribution in [-0.4, -0.2) is 9.13 Å². The Balaban J connectivity index is 1.40. The van der Waals surface area contributed by atoms with Crippen LogP contribution in [0.3, 0.4) is 0 Å². The Kier molecular flexibility index (Phi) is 7.25. The quantitative estimate of drug-likeness (QED) is 0.171. The molecule has 0 aliphatic rings. The van der Waals surface area contributed by atoms with Gasteiger partial charge in [0.25, 0.3) is 0 Å².